The third-order valence-corrected chi connectivity index (χ3v) is 4.21. The molecule has 90 valence electrons. The van der Waals surface area contributed by atoms with Crippen LogP contribution in [0.2, 0.25) is 0 Å². The van der Waals surface area contributed by atoms with Gasteiger partial charge >= 0.3 is 0 Å². The second-order valence-electron chi connectivity index (χ2n) is 5.96. The average molecular weight is 238 g/mol. The molecule has 1 saturated carbocycles. The number of rotatable bonds is 3. The largest absolute Gasteiger partial charge is 0.309 e. The van der Waals surface area contributed by atoms with Gasteiger partial charge in [0.05, 0.1) is 5.51 Å². The summed E-state index contributed by atoms with van der Waals surface area (Å²) in [6.45, 7) is 8.15. The van der Waals surface area contributed by atoms with E-state index in [9.17, 15) is 0 Å². The van der Waals surface area contributed by atoms with Crippen molar-refractivity contribution in [2.45, 2.75) is 52.6 Å². The molecule has 0 bridgehead atoms. The van der Waals surface area contributed by atoms with Crippen LogP contribution in [0.3, 0.4) is 0 Å². The first-order valence-corrected chi connectivity index (χ1v) is 7.04. The van der Waals surface area contributed by atoms with Gasteiger partial charge in [0.25, 0.3) is 0 Å². The van der Waals surface area contributed by atoms with E-state index >= 15 is 0 Å². The molecule has 3 heteroatoms. The van der Waals surface area contributed by atoms with Crippen LogP contribution in [0.4, 0.5) is 0 Å². The van der Waals surface area contributed by atoms with E-state index in [1.807, 2.05) is 11.7 Å². The Bertz CT molecular complexity index is 319. The maximum absolute atomic E-state index is 4.11. The maximum Gasteiger partial charge on any atom is 0.0794 e. The van der Waals surface area contributed by atoms with Gasteiger partial charge in [-0.05, 0) is 30.6 Å². The highest BCUT2D eigenvalue weighted by Crippen LogP contribution is 2.38. The van der Waals surface area contributed by atoms with E-state index in [2.05, 4.69) is 31.1 Å². The van der Waals surface area contributed by atoms with Crippen LogP contribution in [0.15, 0.2) is 11.7 Å². The number of hydrogen-bond acceptors (Lipinski definition) is 3. The number of nitrogens with zero attached hydrogens (tertiary/aromatic N) is 1. The highest BCUT2D eigenvalue weighted by Gasteiger charge is 2.31. The molecule has 1 N–H and O–H groups in total. The SMILES string of the molecule is CC1CC(NCc2cncs2)CC(C)(C)C1. The number of aromatic nitrogens is 1. The first-order valence-electron chi connectivity index (χ1n) is 6.16. The summed E-state index contributed by atoms with van der Waals surface area (Å²) in [5.41, 5.74) is 2.41. The van der Waals surface area contributed by atoms with Gasteiger partial charge in [0.2, 0.25) is 0 Å². The summed E-state index contributed by atoms with van der Waals surface area (Å²) in [5, 5.41) is 3.68. The monoisotopic (exact) mass is 238 g/mol. The van der Waals surface area contributed by atoms with Crippen molar-refractivity contribution in [1.29, 1.82) is 0 Å². The lowest BCUT2D eigenvalue weighted by atomic mass is 9.70. The molecule has 2 nitrogen and oxygen atoms in total. The fourth-order valence-electron chi connectivity index (χ4n) is 3.08. The highest BCUT2D eigenvalue weighted by molar-refractivity contribution is 7.09. The van der Waals surface area contributed by atoms with Gasteiger partial charge in [-0.3, -0.25) is 4.98 Å². The van der Waals surface area contributed by atoms with Crippen molar-refractivity contribution in [3.63, 3.8) is 0 Å². The highest BCUT2D eigenvalue weighted by atomic mass is 32.1. The summed E-state index contributed by atoms with van der Waals surface area (Å²) in [6.07, 6.45) is 5.96. The molecule has 1 aliphatic rings. The second kappa shape index (κ2) is 4.84. The van der Waals surface area contributed by atoms with Crippen LogP contribution >= 0.6 is 11.3 Å². The fraction of sp³-hybridized carbons (Fsp3) is 0.769. The number of thiazole rings is 1. The van der Waals surface area contributed by atoms with E-state index in [1.165, 1.54) is 24.1 Å². The molecule has 0 amide bonds. The minimum atomic E-state index is 0.503. The van der Waals surface area contributed by atoms with E-state index < -0.39 is 0 Å². The molecule has 0 spiro atoms. The minimum Gasteiger partial charge on any atom is -0.309 e. The lowest BCUT2D eigenvalue weighted by Gasteiger charge is -2.39. The van der Waals surface area contributed by atoms with E-state index in [0.29, 0.717) is 11.5 Å². The molecule has 2 atom stereocenters. The van der Waals surface area contributed by atoms with Crippen molar-refractivity contribution in [2.75, 3.05) is 0 Å². The Kier molecular flexibility index (Phi) is 3.65. The van der Waals surface area contributed by atoms with Crippen molar-refractivity contribution >= 4 is 11.3 Å². The predicted molar refractivity (Wildman–Crippen MR) is 69.5 cm³/mol. The molecule has 0 aliphatic heterocycles. The third-order valence-electron chi connectivity index (χ3n) is 3.44. The Balaban J connectivity index is 1.85. The van der Waals surface area contributed by atoms with Gasteiger partial charge in [0, 0.05) is 23.7 Å². The Labute approximate surface area is 102 Å². The van der Waals surface area contributed by atoms with Crippen molar-refractivity contribution in [1.82, 2.24) is 10.3 Å². The molecule has 1 heterocycles. The molecule has 1 aromatic rings. The van der Waals surface area contributed by atoms with Gasteiger partial charge in [-0.1, -0.05) is 20.8 Å². The smallest absolute Gasteiger partial charge is 0.0794 e. The van der Waals surface area contributed by atoms with Gasteiger partial charge in [-0.2, -0.15) is 0 Å². The molecular formula is C13H22N2S. The molecule has 2 unspecified atom stereocenters. The second-order valence-corrected chi connectivity index (χ2v) is 6.93. The van der Waals surface area contributed by atoms with Gasteiger partial charge < -0.3 is 5.32 Å². The summed E-state index contributed by atoms with van der Waals surface area (Å²) in [5.74, 6) is 0.850. The van der Waals surface area contributed by atoms with Crippen LogP contribution in [0.1, 0.15) is 44.9 Å². The van der Waals surface area contributed by atoms with Gasteiger partial charge in [-0.25, -0.2) is 0 Å². The molecular weight excluding hydrogens is 216 g/mol. The topological polar surface area (TPSA) is 24.9 Å². The summed E-state index contributed by atoms with van der Waals surface area (Å²) in [6, 6.07) is 0.681. The van der Waals surface area contributed by atoms with Gasteiger partial charge in [0.15, 0.2) is 0 Å². The Morgan fingerprint density at radius 1 is 1.50 bits per heavy atom. The van der Waals surface area contributed by atoms with Crippen molar-refractivity contribution in [2.24, 2.45) is 11.3 Å². The van der Waals surface area contributed by atoms with Crippen LogP contribution in [0.5, 0.6) is 0 Å². The van der Waals surface area contributed by atoms with E-state index in [-0.39, 0.29) is 0 Å². The molecule has 2 rings (SSSR count). The molecule has 16 heavy (non-hydrogen) atoms. The molecule has 0 radical (unpaired) electrons. The van der Waals surface area contributed by atoms with Crippen LogP contribution in [-0.2, 0) is 6.54 Å². The average Bonchev–Trinajstić information content (AvgIpc) is 2.63. The Hall–Kier alpha value is -0.410. The summed E-state index contributed by atoms with van der Waals surface area (Å²) >= 11 is 1.74. The molecule has 1 fully saturated rings. The fourth-order valence-corrected chi connectivity index (χ4v) is 3.62. The van der Waals surface area contributed by atoms with E-state index in [4.69, 9.17) is 0 Å². The number of hydrogen-bond donors (Lipinski definition) is 1. The molecule has 1 aliphatic carbocycles. The standard InChI is InChI=1S/C13H22N2S/c1-10-4-11(6-13(2,3)5-10)15-8-12-7-14-9-16-12/h7,9-11,15H,4-6,8H2,1-3H3. The van der Waals surface area contributed by atoms with Crippen molar-refractivity contribution in [3.05, 3.63) is 16.6 Å². The summed E-state index contributed by atoms with van der Waals surface area (Å²) < 4.78 is 0. The molecule has 0 saturated heterocycles. The zero-order valence-corrected chi connectivity index (χ0v) is 11.3. The van der Waals surface area contributed by atoms with Crippen LogP contribution in [-0.4, -0.2) is 11.0 Å². The minimum absolute atomic E-state index is 0.503. The number of nitrogens with one attached hydrogen (secondary N) is 1. The van der Waals surface area contributed by atoms with E-state index in [1.54, 1.807) is 11.3 Å². The maximum atomic E-state index is 4.11. The Morgan fingerprint density at radius 2 is 2.31 bits per heavy atom. The Morgan fingerprint density at radius 3 is 2.94 bits per heavy atom. The third kappa shape index (κ3) is 3.29. The lowest BCUT2D eigenvalue weighted by molar-refractivity contribution is 0.151. The zero-order chi connectivity index (χ0) is 11.6. The quantitative estimate of drug-likeness (QED) is 0.872. The van der Waals surface area contributed by atoms with Gasteiger partial charge in [0.1, 0.15) is 0 Å². The van der Waals surface area contributed by atoms with Crippen molar-refractivity contribution in [3.8, 4) is 0 Å². The lowest BCUT2D eigenvalue weighted by Crippen LogP contribution is -2.39. The zero-order valence-electron chi connectivity index (χ0n) is 10.5. The molecule has 0 aromatic carbocycles. The van der Waals surface area contributed by atoms with Crippen LogP contribution in [0.25, 0.3) is 0 Å². The van der Waals surface area contributed by atoms with Gasteiger partial charge in [-0.15, -0.1) is 11.3 Å². The predicted octanol–water partition coefficient (Wildman–Crippen LogP) is 3.45. The van der Waals surface area contributed by atoms with Crippen molar-refractivity contribution < 1.29 is 0 Å². The van der Waals surface area contributed by atoms with E-state index in [0.717, 1.165) is 12.5 Å². The summed E-state index contributed by atoms with van der Waals surface area (Å²) in [7, 11) is 0. The molecule has 1 aromatic heterocycles. The van der Waals surface area contributed by atoms with Crippen LogP contribution < -0.4 is 5.32 Å². The van der Waals surface area contributed by atoms with Crippen LogP contribution in [0, 0.1) is 11.3 Å². The first-order chi connectivity index (χ1) is 7.55. The first kappa shape index (κ1) is 12.1. The normalized spacial score (nSPS) is 29.2. The summed E-state index contributed by atoms with van der Waals surface area (Å²) in [4.78, 5) is 5.45.